The van der Waals surface area contributed by atoms with E-state index in [4.69, 9.17) is 0 Å². The van der Waals surface area contributed by atoms with Crippen molar-refractivity contribution in [1.82, 2.24) is 4.98 Å². The first kappa shape index (κ1) is 27.8. The molecule has 0 radical (unpaired) electrons. The summed E-state index contributed by atoms with van der Waals surface area (Å²) in [4.78, 5) is 17.1. The monoisotopic (exact) mass is 564 g/mol. The fourth-order valence-corrected chi connectivity index (χ4v) is 6.30. The van der Waals surface area contributed by atoms with E-state index in [0.717, 1.165) is 21.0 Å². The van der Waals surface area contributed by atoms with Gasteiger partial charge in [-0.25, -0.2) is 21.8 Å². The molecule has 202 valence electrons. The van der Waals surface area contributed by atoms with Crippen molar-refractivity contribution in [3.05, 3.63) is 108 Å². The fourth-order valence-electron chi connectivity index (χ4n) is 3.81. The van der Waals surface area contributed by atoms with Crippen LogP contribution in [0.5, 0.6) is 0 Å². The highest BCUT2D eigenvalue weighted by Gasteiger charge is 2.28. The van der Waals surface area contributed by atoms with E-state index in [2.05, 4.69) is 15.0 Å². The number of anilines is 3. The SMILES string of the molecule is Cc1ccc(S(=O)(=O)N(CC(=O)Nc2ccc(S(=O)(=O)Nc3ccccn3)cc2)c2cccc(C)c2C)cc1. The van der Waals surface area contributed by atoms with E-state index in [1.807, 2.05) is 19.9 Å². The summed E-state index contributed by atoms with van der Waals surface area (Å²) in [5.41, 5.74) is 3.23. The average molecular weight is 565 g/mol. The van der Waals surface area contributed by atoms with Crippen LogP contribution in [0.25, 0.3) is 0 Å². The Labute approximate surface area is 228 Å². The number of amides is 1. The highest BCUT2D eigenvalue weighted by atomic mass is 32.2. The van der Waals surface area contributed by atoms with Gasteiger partial charge in [0.25, 0.3) is 20.0 Å². The van der Waals surface area contributed by atoms with Crippen LogP contribution >= 0.6 is 0 Å². The Bertz CT molecular complexity index is 1690. The first-order chi connectivity index (χ1) is 18.5. The van der Waals surface area contributed by atoms with Crippen molar-refractivity contribution in [2.45, 2.75) is 30.6 Å². The van der Waals surface area contributed by atoms with Crippen molar-refractivity contribution in [3.8, 4) is 0 Å². The number of hydrogen-bond acceptors (Lipinski definition) is 6. The summed E-state index contributed by atoms with van der Waals surface area (Å²) in [6, 6.07) is 22.1. The summed E-state index contributed by atoms with van der Waals surface area (Å²) >= 11 is 0. The number of aryl methyl sites for hydroxylation is 2. The summed E-state index contributed by atoms with van der Waals surface area (Å²) in [7, 11) is -7.96. The molecule has 9 nitrogen and oxygen atoms in total. The molecular weight excluding hydrogens is 536 g/mol. The van der Waals surface area contributed by atoms with Crippen LogP contribution in [0.1, 0.15) is 16.7 Å². The van der Waals surface area contributed by atoms with Crippen LogP contribution in [-0.4, -0.2) is 34.3 Å². The van der Waals surface area contributed by atoms with Crippen LogP contribution in [0.4, 0.5) is 17.2 Å². The number of carbonyl (C=O) groups excluding carboxylic acids is 1. The van der Waals surface area contributed by atoms with Gasteiger partial charge in [-0.15, -0.1) is 0 Å². The minimum Gasteiger partial charge on any atom is -0.325 e. The largest absolute Gasteiger partial charge is 0.325 e. The van der Waals surface area contributed by atoms with Gasteiger partial charge in [-0.1, -0.05) is 35.9 Å². The molecule has 0 saturated carbocycles. The molecule has 0 saturated heterocycles. The maximum absolute atomic E-state index is 13.7. The van der Waals surface area contributed by atoms with Gasteiger partial charge in [-0.05, 0) is 86.5 Å². The third kappa shape index (κ3) is 6.44. The Morgan fingerprint density at radius 3 is 2.10 bits per heavy atom. The average Bonchev–Trinajstić information content (AvgIpc) is 2.90. The molecule has 0 atom stereocenters. The third-order valence-corrected chi connectivity index (χ3v) is 9.24. The number of nitrogens with zero attached hydrogens (tertiary/aromatic N) is 2. The van der Waals surface area contributed by atoms with Gasteiger partial charge >= 0.3 is 0 Å². The lowest BCUT2D eigenvalue weighted by Crippen LogP contribution is -2.38. The molecule has 1 aromatic heterocycles. The maximum atomic E-state index is 13.7. The molecule has 0 unspecified atom stereocenters. The van der Waals surface area contributed by atoms with E-state index in [-0.39, 0.29) is 15.6 Å². The summed E-state index contributed by atoms with van der Waals surface area (Å²) in [6.45, 7) is 5.05. The van der Waals surface area contributed by atoms with E-state index in [1.54, 1.807) is 43.3 Å². The van der Waals surface area contributed by atoms with Gasteiger partial charge in [0, 0.05) is 11.9 Å². The Balaban J connectivity index is 1.57. The molecule has 0 aliphatic carbocycles. The summed E-state index contributed by atoms with van der Waals surface area (Å²) in [5.74, 6) is -0.412. The maximum Gasteiger partial charge on any atom is 0.264 e. The number of sulfonamides is 2. The van der Waals surface area contributed by atoms with Crippen molar-refractivity contribution in [3.63, 3.8) is 0 Å². The van der Waals surface area contributed by atoms with Gasteiger partial charge in [0.15, 0.2) is 0 Å². The first-order valence-electron chi connectivity index (χ1n) is 12.0. The minimum absolute atomic E-state index is 0.0230. The smallest absolute Gasteiger partial charge is 0.264 e. The van der Waals surface area contributed by atoms with E-state index >= 15 is 0 Å². The second-order valence-electron chi connectivity index (χ2n) is 8.94. The van der Waals surface area contributed by atoms with Crippen LogP contribution in [0.3, 0.4) is 0 Å². The molecule has 2 N–H and O–H groups in total. The third-order valence-electron chi connectivity index (χ3n) is 6.09. The molecule has 1 heterocycles. The molecular formula is C28H28N4O5S2. The molecule has 1 amide bonds. The van der Waals surface area contributed by atoms with E-state index < -0.39 is 32.5 Å². The molecule has 0 spiro atoms. The van der Waals surface area contributed by atoms with Gasteiger partial charge in [0.1, 0.15) is 12.4 Å². The van der Waals surface area contributed by atoms with Gasteiger partial charge in [0.2, 0.25) is 5.91 Å². The quantitative estimate of drug-likeness (QED) is 0.305. The second-order valence-corrected chi connectivity index (χ2v) is 12.5. The van der Waals surface area contributed by atoms with Crippen molar-refractivity contribution in [2.75, 3.05) is 20.9 Å². The standard InChI is InChI=1S/C28H28N4O5S2/c1-20-10-14-25(15-11-20)39(36,37)32(26-8-6-7-21(2)22(26)3)19-28(33)30-23-12-16-24(17-13-23)38(34,35)31-27-9-4-5-18-29-27/h4-18H,19H2,1-3H3,(H,29,31)(H,30,33). The number of aromatic nitrogens is 1. The minimum atomic E-state index is -4.07. The second kappa shape index (κ2) is 11.3. The zero-order valence-corrected chi connectivity index (χ0v) is 23.3. The number of carbonyl (C=O) groups is 1. The van der Waals surface area contributed by atoms with Crippen LogP contribution in [0.2, 0.25) is 0 Å². The predicted molar refractivity (Wildman–Crippen MR) is 152 cm³/mol. The van der Waals surface area contributed by atoms with Crippen molar-refractivity contribution in [2.24, 2.45) is 0 Å². The lowest BCUT2D eigenvalue weighted by atomic mass is 10.1. The highest BCUT2D eigenvalue weighted by molar-refractivity contribution is 7.93. The predicted octanol–water partition coefficient (Wildman–Crippen LogP) is 4.64. The molecule has 4 rings (SSSR count). The highest BCUT2D eigenvalue weighted by Crippen LogP contribution is 2.29. The number of rotatable bonds is 9. The summed E-state index contributed by atoms with van der Waals surface area (Å²) in [6.07, 6.45) is 1.47. The number of nitrogens with one attached hydrogen (secondary N) is 2. The molecule has 0 aliphatic heterocycles. The van der Waals surface area contributed by atoms with E-state index in [9.17, 15) is 21.6 Å². The van der Waals surface area contributed by atoms with Crippen LogP contribution in [-0.2, 0) is 24.8 Å². The molecule has 0 fully saturated rings. The van der Waals surface area contributed by atoms with Gasteiger partial charge in [0.05, 0.1) is 15.5 Å². The lowest BCUT2D eigenvalue weighted by Gasteiger charge is -2.26. The summed E-state index contributed by atoms with van der Waals surface area (Å²) in [5, 5.41) is 2.66. The summed E-state index contributed by atoms with van der Waals surface area (Å²) < 4.78 is 56.1. The zero-order valence-electron chi connectivity index (χ0n) is 21.6. The van der Waals surface area contributed by atoms with Crippen molar-refractivity contribution in [1.29, 1.82) is 0 Å². The van der Waals surface area contributed by atoms with Crippen molar-refractivity contribution >= 4 is 43.1 Å². The fraction of sp³-hybridized carbons (Fsp3) is 0.143. The normalized spacial score (nSPS) is 11.6. The lowest BCUT2D eigenvalue weighted by molar-refractivity contribution is -0.114. The molecule has 4 aromatic rings. The van der Waals surface area contributed by atoms with E-state index in [1.165, 1.54) is 48.7 Å². The van der Waals surface area contributed by atoms with Crippen LogP contribution in [0, 0.1) is 20.8 Å². The van der Waals surface area contributed by atoms with Gasteiger partial charge in [-0.3, -0.25) is 13.8 Å². The Morgan fingerprint density at radius 1 is 0.795 bits per heavy atom. The molecule has 11 heteroatoms. The van der Waals surface area contributed by atoms with Crippen molar-refractivity contribution < 1.29 is 21.6 Å². The number of hydrogen-bond donors (Lipinski definition) is 2. The topological polar surface area (TPSA) is 126 Å². The van der Waals surface area contributed by atoms with Crippen LogP contribution < -0.4 is 14.3 Å². The van der Waals surface area contributed by atoms with E-state index in [0.29, 0.717) is 11.4 Å². The first-order valence-corrected chi connectivity index (χ1v) is 14.9. The zero-order chi connectivity index (χ0) is 28.2. The molecule has 39 heavy (non-hydrogen) atoms. The number of benzene rings is 3. The Kier molecular flexibility index (Phi) is 8.03. The van der Waals surface area contributed by atoms with Crippen LogP contribution in [0.15, 0.2) is 101 Å². The van der Waals surface area contributed by atoms with Gasteiger partial charge in [-0.2, -0.15) is 0 Å². The number of pyridine rings is 1. The molecule has 0 bridgehead atoms. The molecule has 0 aliphatic rings. The Morgan fingerprint density at radius 2 is 1.46 bits per heavy atom. The Hall–Kier alpha value is -4.22. The molecule has 3 aromatic carbocycles. The van der Waals surface area contributed by atoms with Gasteiger partial charge < -0.3 is 5.32 Å².